The van der Waals surface area contributed by atoms with Crippen molar-refractivity contribution >= 4 is 43.5 Å². The van der Waals surface area contributed by atoms with Crippen LogP contribution in [0, 0.1) is 5.92 Å². The highest BCUT2D eigenvalue weighted by Gasteiger charge is 2.34. The Hall–Kier alpha value is -3.95. The monoisotopic (exact) mass is 661 g/mol. The van der Waals surface area contributed by atoms with E-state index in [2.05, 4.69) is 21.2 Å². The lowest BCUT2D eigenvalue weighted by atomic mass is 10.0. The van der Waals surface area contributed by atoms with E-state index >= 15 is 0 Å². The zero-order valence-electron chi connectivity index (χ0n) is 24.3. The number of rotatable bonds is 13. The third-order valence-corrected chi connectivity index (χ3v) is 9.14. The first kappa shape index (κ1) is 32.0. The second-order valence-corrected chi connectivity index (χ2v) is 13.4. The predicted molar refractivity (Wildman–Crippen MR) is 174 cm³/mol. The number of carbonyl (C=O) groups is 2. The smallest absolute Gasteiger partial charge is 0.264 e. The number of nitrogens with zero attached hydrogens (tertiary/aromatic N) is 2. The van der Waals surface area contributed by atoms with Crippen molar-refractivity contribution in [3.05, 3.63) is 131 Å². The molecular weight excluding hydrogens is 626 g/mol. The number of hydrogen-bond acceptors (Lipinski definition) is 4. The molecule has 0 aliphatic carbocycles. The number of halogens is 1. The van der Waals surface area contributed by atoms with Crippen LogP contribution in [0.1, 0.15) is 25.0 Å². The molecule has 224 valence electrons. The summed E-state index contributed by atoms with van der Waals surface area (Å²) in [6.07, 6.45) is 0.270. The van der Waals surface area contributed by atoms with Gasteiger partial charge in [0.2, 0.25) is 11.8 Å². The molecule has 0 aromatic heterocycles. The van der Waals surface area contributed by atoms with E-state index in [1.807, 2.05) is 74.5 Å². The third-order valence-electron chi connectivity index (χ3n) is 6.86. The molecule has 4 aromatic carbocycles. The Bertz CT molecular complexity index is 1600. The molecule has 0 bridgehead atoms. The van der Waals surface area contributed by atoms with E-state index in [0.717, 1.165) is 15.4 Å². The van der Waals surface area contributed by atoms with E-state index in [-0.39, 0.29) is 29.7 Å². The Morgan fingerprint density at radius 2 is 1.37 bits per heavy atom. The van der Waals surface area contributed by atoms with Gasteiger partial charge in [-0.2, -0.15) is 0 Å². The molecule has 0 heterocycles. The second kappa shape index (κ2) is 15.0. The number of nitrogens with one attached hydrogen (secondary N) is 1. The van der Waals surface area contributed by atoms with E-state index in [1.165, 1.54) is 17.0 Å². The summed E-state index contributed by atoms with van der Waals surface area (Å²) in [5.41, 5.74) is 2.04. The summed E-state index contributed by atoms with van der Waals surface area (Å²) in [5, 5.41) is 3.00. The molecule has 4 aromatic rings. The lowest BCUT2D eigenvalue weighted by Gasteiger charge is -2.34. The molecule has 0 aliphatic heterocycles. The molecule has 0 aliphatic rings. The van der Waals surface area contributed by atoms with Gasteiger partial charge in [0.25, 0.3) is 10.0 Å². The van der Waals surface area contributed by atoms with Gasteiger partial charge < -0.3 is 10.2 Å². The molecule has 9 heteroatoms. The van der Waals surface area contributed by atoms with Crippen LogP contribution in [-0.4, -0.2) is 44.3 Å². The maximum atomic E-state index is 14.4. The molecule has 0 saturated carbocycles. The van der Waals surface area contributed by atoms with Crippen molar-refractivity contribution in [1.29, 1.82) is 0 Å². The normalized spacial score (nSPS) is 12.0. The molecule has 43 heavy (non-hydrogen) atoms. The first-order valence-electron chi connectivity index (χ1n) is 14.1. The van der Waals surface area contributed by atoms with Crippen molar-refractivity contribution in [1.82, 2.24) is 10.2 Å². The highest BCUT2D eigenvalue weighted by atomic mass is 79.9. The van der Waals surface area contributed by atoms with Crippen LogP contribution in [0.4, 0.5) is 5.69 Å². The van der Waals surface area contributed by atoms with Crippen LogP contribution in [0.5, 0.6) is 0 Å². The largest absolute Gasteiger partial charge is 0.354 e. The van der Waals surface area contributed by atoms with Crippen LogP contribution >= 0.6 is 15.9 Å². The first-order chi connectivity index (χ1) is 20.6. The summed E-state index contributed by atoms with van der Waals surface area (Å²) in [5.74, 6) is -0.576. The van der Waals surface area contributed by atoms with Crippen molar-refractivity contribution in [2.75, 3.05) is 17.4 Å². The van der Waals surface area contributed by atoms with Gasteiger partial charge in [-0.25, -0.2) is 8.42 Å². The Kier molecular flexibility index (Phi) is 11.1. The Morgan fingerprint density at radius 3 is 1.95 bits per heavy atom. The van der Waals surface area contributed by atoms with Crippen molar-refractivity contribution < 1.29 is 18.0 Å². The molecule has 1 N–H and O–H groups in total. The van der Waals surface area contributed by atoms with Crippen LogP contribution in [0.15, 0.2) is 125 Å². The van der Waals surface area contributed by atoms with E-state index in [4.69, 9.17) is 0 Å². The van der Waals surface area contributed by atoms with Crippen LogP contribution in [0.2, 0.25) is 0 Å². The molecule has 0 spiro atoms. The van der Waals surface area contributed by atoms with Gasteiger partial charge in [0, 0.05) is 24.0 Å². The van der Waals surface area contributed by atoms with Gasteiger partial charge in [-0.05, 0) is 47.4 Å². The van der Waals surface area contributed by atoms with E-state index in [0.29, 0.717) is 16.7 Å². The summed E-state index contributed by atoms with van der Waals surface area (Å²) in [4.78, 5) is 29.7. The van der Waals surface area contributed by atoms with Gasteiger partial charge >= 0.3 is 0 Å². The lowest BCUT2D eigenvalue weighted by molar-refractivity contribution is -0.140. The molecular formula is C34H36BrN3O4S. The molecule has 1 atom stereocenters. The van der Waals surface area contributed by atoms with Gasteiger partial charge in [-0.3, -0.25) is 13.9 Å². The highest BCUT2D eigenvalue weighted by molar-refractivity contribution is 9.10. The Balaban J connectivity index is 1.78. The van der Waals surface area contributed by atoms with E-state index < -0.39 is 28.5 Å². The standard InChI is InChI=1S/C34H36BrN3O4S/c1-26(2)23-36-34(40)32(21-27-13-6-3-7-14-27)37(24-28-15-8-4-9-16-28)33(39)25-38(30-18-12-17-29(35)22-30)43(41,42)31-19-10-5-11-20-31/h3-20,22,26,32H,21,23-25H2,1-2H3,(H,36,40). The molecule has 0 saturated heterocycles. The highest BCUT2D eigenvalue weighted by Crippen LogP contribution is 2.27. The average Bonchev–Trinajstić information content (AvgIpc) is 3.01. The van der Waals surface area contributed by atoms with E-state index in [9.17, 15) is 18.0 Å². The third kappa shape index (κ3) is 8.78. The van der Waals surface area contributed by atoms with Crippen molar-refractivity contribution in [2.45, 2.75) is 37.8 Å². The van der Waals surface area contributed by atoms with Crippen LogP contribution in [0.25, 0.3) is 0 Å². The van der Waals surface area contributed by atoms with Crippen LogP contribution < -0.4 is 9.62 Å². The Labute approximate surface area is 262 Å². The zero-order chi connectivity index (χ0) is 30.8. The predicted octanol–water partition coefficient (Wildman–Crippen LogP) is 6.06. The topological polar surface area (TPSA) is 86.8 Å². The fourth-order valence-corrected chi connectivity index (χ4v) is 6.45. The van der Waals surface area contributed by atoms with Crippen molar-refractivity contribution in [3.63, 3.8) is 0 Å². The summed E-state index contributed by atoms with van der Waals surface area (Å²) in [7, 11) is -4.13. The van der Waals surface area contributed by atoms with Crippen molar-refractivity contribution in [3.8, 4) is 0 Å². The van der Waals surface area contributed by atoms with E-state index in [1.54, 1.807) is 42.5 Å². The summed E-state index contributed by atoms with van der Waals surface area (Å²) < 4.78 is 29.8. The maximum Gasteiger partial charge on any atom is 0.264 e. The SMILES string of the molecule is CC(C)CNC(=O)C(Cc1ccccc1)N(Cc1ccccc1)C(=O)CN(c1cccc(Br)c1)S(=O)(=O)c1ccccc1. The average molecular weight is 663 g/mol. The fourth-order valence-electron chi connectivity index (χ4n) is 4.64. The first-order valence-corrected chi connectivity index (χ1v) is 16.4. The van der Waals surface area contributed by atoms with Crippen molar-refractivity contribution in [2.24, 2.45) is 5.92 Å². The molecule has 4 rings (SSSR count). The van der Waals surface area contributed by atoms with Crippen LogP contribution in [-0.2, 0) is 32.6 Å². The van der Waals surface area contributed by atoms with Crippen LogP contribution in [0.3, 0.4) is 0 Å². The summed E-state index contributed by atoms with van der Waals surface area (Å²) in [6, 6.07) is 32.9. The number of sulfonamides is 1. The quantitative estimate of drug-likeness (QED) is 0.189. The maximum absolute atomic E-state index is 14.4. The molecule has 0 radical (unpaired) electrons. The minimum absolute atomic E-state index is 0.0629. The number of benzene rings is 4. The zero-order valence-corrected chi connectivity index (χ0v) is 26.7. The summed E-state index contributed by atoms with van der Waals surface area (Å²) >= 11 is 3.43. The molecule has 7 nitrogen and oxygen atoms in total. The molecule has 1 unspecified atom stereocenters. The second-order valence-electron chi connectivity index (χ2n) is 10.7. The van der Waals surface area contributed by atoms with Gasteiger partial charge in [0.1, 0.15) is 12.6 Å². The minimum Gasteiger partial charge on any atom is -0.354 e. The minimum atomic E-state index is -4.13. The van der Waals surface area contributed by atoms with Gasteiger partial charge in [-0.1, -0.05) is 115 Å². The Morgan fingerprint density at radius 1 is 0.791 bits per heavy atom. The number of amides is 2. The fraction of sp³-hybridized carbons (Fsp3) is 0.235. The van der Waals surface area contributed by atoms with Gasteiger partial charge in [0.05, 0.1) is 10.6 Å². The molecule has 0 fully saturated rings. The number of carbonyl (C=O) groups excluding carboxylic acids is 2. The number of anilines is 1. The molecule has 2 amide bonds. The summed E-state index contributed by atoms with van der Waals surface area (Å²) in [6.45, 7) is 4.09. The number of hydrogen-bond donors (Lipinski definition) is 1. The lowest BCUT2D eigenvalue weighted by Crippen LogP contribution is -2.53. The van der Waals surface area contributed by atoms with Gasteiger partial charge in [-0.15, -0.1) is 0 Å². The van der Waals surface area contributed by atoms with Gasteiger partial charge in [0.15, 0.2) is 0 Å².